The van der Waals surface area contributed by atoms with E-state index in [1.807, 2.05) is 30.3 Å². The monoisotopic (exact) mass is 213 g/mol. The Labute approximate surface area is 93.5 Å². The zero-order chi connectivity index (χ0) is 11.2. The zero-order valence-corrected chi connectivity index (χ0v) is 8.68. The molecule has 2 rings (SSSR count). The fraction of sp³-hybridized carbons (Fsp3) is 0.167. The van der Waals surface area contributed by atoms with Crippen LogP contribution in [0.5, 0.6) is 0 Å². The van der Waals surface area contributed by atoms with Gasteiger partial charge in [-0.2, -0.15) is 5.26 Å². The molecule has 16 heavy (non-hydrogen) atoms. The maximum Gasteiger partial charge on any atom is 0.124 e. The lowest BCUT2D eigenvalue weighted by atomic mass is 10.1. The number of hydrogen-bond acceptors (Lipinski definition) is 4. The molecule has 2 aromatic rings. The second-order valence-corrected chi connectivity index (χ2v) is 3.36. The Kier molecular flexibility index (Phi) is 3.31. The van der Waals surface area contributed by atoms with Gasteiger partial charge in [-0.15, -0.1) is 0 Å². The minimum absolute atomic E-state index is 0.635. The molecule has 1 N–H and O–H groups in total. The van der Waals surface area contributed by atoms with Crippen LogP contribution in [0.3, 0.4) is 0 Å². The summed E-state index contributed by atoms with van der Waals surface area (Å²) in [6, 6.07) is 11.5. The molecule has 1 aromatic heterocycles. The van der Waals surface area contributed by atoms with E-state index >= 15 is 0 Å². The van der Waals surface area contributed by atoms with Crippen molar-refractivity contribution in [3.05, 3.63) is 53.4 Å². The van der Waals surface area contributed by atoms with Gasteiger partial charge < -0.3 is 9.84 Å². The van der Waals surface area contributed by atoms with Crippen molar-refractivity contribution >= 4 is 0 Å². The fourth-order valence-corrected chi connectivity index (χ4v) is 1.44. The van der Waals surface area contributed by atoms with Crippen molar-refractivity contribution in [3.8, 4) is 6.07 Å². The molecule has 0 amide bonds. The molecule has 0 aliphatic rings. The van der Waals surface area contributed by atoms with Crippen LogP contribution >= 0.6 is 0 Å². The van der Waals surface area contributed by atoms with Gasteiger partial charge in [0.05, 0.1) is 17.3 Å². The number of aromatic nitrogens is 1. The second kappa shape index (κ2) is 5.10. The molecular weight excluding hydrogens is 202 g/mol. The summed E-state index contributed by atoms with van der Waals surface area (Å²) in [4.78, 5) is 0. The Hall–Kier alpha value is -2.12. The van der Waals surface area contributed by atoms with Crippen LogP contribution in [0.4, 0.5) is 0 Å². The third-order valence-electron chi connectivity index (χ3n) is 2.25. The molecule has 0 aliphatic carbocycles. The third-order valence-corrected chi connectivity index (χ3v) is 2.25. The summed E-state index contributed by atoms with van der Waals surface area (Å²) < 4.78 is 4.72. The van der Waals surface area contributed by atoms with Crippen LogP contribution in [0.1, 0.15) is 16.8 Å². The number of nitrogens with one attached hydrogen (secondary N) is 1. The predicted octanol–water partition coefficient (Wildman–Crippen LogP) is 1.84. The van der Waals surface area contributed by atoms with Crippen molar-refractivity contribution in [3.63, 3.8) is 0 Å². The molecule has 0 atom stereocenters. The topological polar surface area (TPSA) is 61.9 Å². The molecular formula is C12H11N3O. The van der Waals surface area contributed by atoms with Crippen LogP contribution < -0.4 is 5.32 Å². The van der Waals surface area contributed by atoms with Gasteiger partial charge in [0.15, 0.2) is 0 Å². The Bertz CT molecular complexity index is 485. The van der Waals surface area contributed by atoms with Gasteiger partial charge >= 0.3 is 0 Å². The fourth-order valence-electron chi connectivity index (χ4n) is 1.44. The minimum atomic E-state index is 0.635. The number of benzene rings is 1. The molecule has 0 saturated carbocycles. The first-order valence-corrected chi connectivity index (χ1v) is 4.98. The van der Waals surface area contributed by atoms with Crippen LogP contribution in [-0.2, 0) is 13.1 Å². The highest BCUT2D eigenvalue weighted by Gasteiger charge is 2.00. The molecule has 0 bridgehead atoms. The summed E-state index contributed by atoms with van der Waals surface area (Å²) >= 11 is 0. The maximum atomic E-state index is 8.90. The van der Waals surface area contributed by atoms with Crippen molar-refractivity contribution in [1.29, 1.82) is 5.26 Å². The molecule has 0 fully saturated rings. The van der Waals surface area contributed by atoms with Gasteiger partial charge in [0, 0.05) is 19.2 Å². The lowest BCUT2D eigenvalue weighted by molar-refractivity contribution is 0.408. The van der Waals surface area contributed by atoms with Crippen molar-refractivity contribution in [1.82, 2.24) is 10.5 Å². The Morgan fingerprint density at radius 2 is 2.12 bits per heavy atom. The number of rotatable bonds is 4. The first-order chi connectivity index (χ1) is 7.90. The highest BCUT2D eigenvalue weighted by molar-refractivity contribution is 5.37. The van der Waals surface area contributed by atoms with E-state index in [2.05, 4.69) is 16.5 Å². The van der Waals surface area contributed by atoms with Gasteiger partial charge in [-0.3, -0.25) is 0 Å². The minimum Gasteiger partial charge on any atom is -0.364 e. The highest BCUT2D eigenvalue weighted by atomic mass is 16.5. The first-order valence-electron chi connectivity index (χ1n) is 4.98. The lowest BCUT2D eigenvalue weighted by Gasteiger charge is -2.04. The summed E-state index contributed by atoms with van der Waals surface area (Å²) in [5.41, 5.74) is 2.55. The summed E-state index contributed by atoms with van der Waals surface area (Å²) in [5, 5.41) is 15.9. The van der Waals surface area contributed by atoms with Crippen molar-refractivity contribution in [2.75, 3.05) is 0 Å². The molecule has 4 heteroatoms. The van der Waals surface area contributed by atoms with E-state index in [1.54, 1.807) is 6.26 Å². The lowest BCUT2D eigenvalue weighted by Crippen LogP contribution is -2.13. The van der Waals surface area contributed by atoms with Gasteiger partial charge in [-0.25, -0.2) is 0 Å². The normalized spacial score (nSPS) is 9.94. The van der Waals surface area contributed by atoms with Crippen LogP contribution in [0.25, 0.3) is 0 Å². The molecule has 4 nitrogen and oxygen atoms in total. The van der Waals surface area contributed by atoms with Gasteiger partial charge in [0.1, 0.15) is 6.26 Å². The van der Waals surface area contributed by atoms with Crippen molar-refractivity contribution in [2.45, 2.75) is 13.1 Å². The summed E-state index contributed by atoms with van der Waals surface area (Å²) in [6.07, 6.45) is 1.54. The number of nitriles is 1. The first kappa shape index (κ1) is 10.4. The maximum absolute atomic E-state index is 8.90. The van der Waals surface area contributed by atoms with E-state index < -0.39 is 0 Å². The molecule has 0 radical (unpaired) electrons. The van der Waals surface area contributed by atoms with Crippen molar-refractivity contribution in [2.24, 2.45) is 0 Å². The predicted molar refractivity (Wildman–Crippen MR) is 58.2 cm³/mol. The van der Waals surface area contributed by atoms with Gasteiger partial charge in [0.2, 0.25) is 0 Å². The van der Waals surface area contributed by atoms with E-state index in [9.17, 15) is 0 Å². The van der Waals surface area contributed by atoms with E-state index in [0.29, 0.717) is 18.7 Å². The molecule has 1 heterocycles. The Morgan fingerprint density at radius 1 is 1.25 bits per heavy atom. The standard InChI is InChI=1S/C12H11N3O/c13-7-10-3-1-2-4-11(10)8-14-9-12-5-6-16-15-12/h1-6,14H,8-9H2. The molecule has 1 aromatic carbocycles. The van der Waals surface area contributed by atoms with Crippen molar-refractivity contribution < 1.29 is 4.52 Å². The quantitative estimate of drug-likeness (QED) is 0.841. The Morgan fingerprint density at radius 3 is 2.88 bits per heavy atom. The van der Waals surface area contributed by atoms with Crippen LogP contribution in [0, 0.1) is 11.3 Å². The smallest absolute Gasteiger partial charge is 0.124 e. The summed E-state index contributed by atoms with van der Waals surface area (Å²) in [7, 11) is 0. The highest BCUT2D eigenvalue weighted by Crippen LogP contribution is 2.06. The summed E-state index contributed by atoms with van der Waals surface area (Å²) in [5.74, 6) is 0. The second-order valence-electron chi connectivity index (χ2n) is 3.36. The van der Waals surface area contributed by atoms with Gasteiger partial charge in [-0.1, -0.05) is 23.4 Å². The van der Waals surface area contributed by atoms with Crippen LogP contribution in [0.2, 0.25) is 0 Å². The third kappa shape index (κ3) is 2.47. The van der Waals surface area contributed by atoms with E-state index in [-0.39, 0.29) is 0 Å². The van der Waals surface area contributed by atoms with E-state index in [1.165, 1.54) is 0 Å². The average molecular weight is 213 g/mol. The molecule has 0 saturated heterocycles. The SMILES string of the molecule is N#Cc1ccccc1CNCc1ccon1. The Balaban J connectivity index is 1.93. The zero-order valence-electron chi connectivity index (χ0n) is 8.68. The van der Waals surface area contributed by atoms with Gasteiger partial charge in [-0.05, 0) is 11.6 Å². The number of nitrogens with zero attached hydrogens (tertiary/aromatic N) is 2. The van der Waals surface area contributed by atoms with Crippen LogP contribution in [-0.4, -0.2) is 5.16 Å². The molecule has 0 unspecified atom stereocenters. The molecule has 0 aliphatic heterocycles. The average Bonchev–Trinajstić information content (AvgIpc) is 2.83. The number of hydrogen-bond donors (Lipinski definition) is 1. The van der Waals surface area contributed by atoms with E-state index in [0.717, 1.165) is 11.3 Å². The molecule has 0 spiro atoms. The molecule has 80 valence electrons. The van der Waals surface area contributed by atoms with Crippen LogP contribution in [0.15, 0.2) is 41.1 Å². The van der Waals surface area contributed by atoms with E-state index in [4.69, 9.17) is 9.78 Å². The largest absolute Gasteiger partial charge is 0.364 e. The summed E-state index contributed by atoms with van der Waals surface area (Å²) in [6.45, 7) is 1.28. The van der Waals surface area contributed by atoms with Gasteiger partial charge in [0.25, 0.3) is 0 Å².